The van der Waals surface area contributed by atoms with Gasteiger partial charge in [0.1, 0.15) is 18.4 Å². The number of hydrogen-bond acceptors (Lipinski definition) is 7. The first-order valence-electron chi connectivity index (χ1n) is 16.1. The minimum Gasteiger partial charge on any atom is -0.379 e. The molecule has 14 heteroatoms. The van der Waals surface area contributed by atoms with Crippen molar-refractivity contribution >= 4 is 44.5 Å². The summed E-state index contributed by atoms with van der Waals surface area (Å²) in [5.74, 6) is -1.55. The van der Waals surface area contributed by atoms with Crippen molar-refractivity contribution in [1.29, 1.82) is 0 Å². The van der Waals surface area contributed by atoms with Crippen LogP contribution < -0.4 is 15.8 Å². The van der Waals surface area contributed by atoms with Gasteiger partial charge < -0.3 is 25.7 Å². The molecule has 3 heterocycles. The Balaban J connectivity index is 1.18. The number of carbonyl (C=O) groups excluding carboxylic acids is 3. The Morgan fingerprint density at radius 3 is 2.40 bits per heavy atom. The SMILES string of the molecule is N[C@H](CF)[C@H]1CC[C@H](C(=O)N2CC[C@H](c3ccccc3)[C@H]2C(=O)Nc2ccc3[nH]c(C(=O)NS(=O)(=O)N4CCOCC4)cc3c2)CC1. The first kappa shape index (κ1) is 33.1. The first-order chi connectivity index (χ1) is 22.6. The van der Waals surface area contributed by atoms with E-state index in [1.165, 1.54) is 6.07 Å². The summed E-state index contributed by atoms with van der Waals surface area (Å²) >= 11 is 0. The molecule has 5 N–H and O–H groups in total. The molecule has 2 saturated heterocycles. The summed E-state index contributed by atoms with van der Waals surface area (Å²) in [4.78, 5) is 45.4. The van der Waals surface area contributed by atoms with Crippen LogP contribution in [0.1, 0.15) is 54.1 Å². The second-order valence-electron chi connectivity index (χ2n) is 12.6. The molecule has 252 valence electrons. The summed E-state index contributed by atoms with van der Waals surface area (Å²) in [6.07, 6.45) is 3.24. The number of halogens is 1. The number of ether oxygens (including phenoxy) is 1. The van der Waals surface area contributed by atoms with E-state index in [-0.39, 0.29) is 61.6 Å². The van der Waals surface area contributed by atoms with E-state index in [1.54, 1.807) is 23.1 Å². The van der Waals surface area contributed by atoms with Crippen LogP contribution in [0.3, 0.4) is 0 Å². The van der Waals surface area contributed by atoms with Crippen molar-refractivity contribution in [3.05, 3.63) is 65.9 Å². The number of H-pyrrole nitrogens is 1. The number of likely N-dealkylation sites (tertiary alicyclic amines) is 1. The van der Waals surface area contributed by atoms with E-state index in [9.17, 15) is 27.2 Å². The lowest BCUT2D eigenvalue weighted by Crippen LogP contribution is -2.48. The fourth-order valence-corrected chi connectivity index (χ4v) is 8.24. The van der Waals surface area contributed by atoms with Crippen LogP contribution in [-0.2, 0) is 24.5 Å². The number of morpholine rings is 1. The van der Waals surface area contributed by atoms with Crippen molar-refractivity contribution < 1.29 is 31.9 Å². The van der Waals surface area contributed by atoms with Gasteiger partial charge in [-0.05, 0) is 67.9 Å². The maximum Gasteiger partial charge on any atom is 0.304 e. The van der Waals surface area contributed by atoms with Crippen LogP contribution in [0.25, 0.3) is 10.9 Å². The molecule has 0 unspecified atom stereocenters. The number of aromatic nitrogens is 1. The summed E-state index contributed by atoms with van der Waals surface area (Å²) in [7, 11) is -4.03. The summed E-state index contributed by atoms with van der Waals surface area (Å²) in [6, 6.07) is 15.1. The topological polar surface area (TPSA) is 167 Å². The highest BCUT2D eigenvalue weighted by Gasteiger charge is 2.45. The Kier molecular flexibility index (Phi) is 9.92. The third-order valence-corrected chi connectivity index (χ3v) is 11.2. The molecular weight excluding hydrogens is 627 g/mol. The molecule has 3 aliphatic rings. The minimum atomic E-state index is -4.03. The van der Waals surface area contributed by atoms with Gasteiger partial charge in [0.25, 0.3) is 5.91 Å². The third kappa shape index (κ3) is 7.20. The predicted octanol–water partition coefficient (Wildman–Crippen LogP) is 2.90. The predicted molar refractivity (Wildman–Crippen MR) is 174 cm³/mol. The third-order valence-electron chi connectivity index (χ3n) is 9.75. The molecule has 0 radical (unpaired) electrons. The molecular formula is C33H41FN6O6S. The standard InChI is InChI=1S/C33H41FN6O6S/c34-20-27(35)22-6-8-23(9-7-22)33(43)40-13-12-26(21-4-2-1-3-5-21)30(40)32(42)36-25-10-11-28-24(18-25)19-29(37-28)31(41)38-47(44,45)39-14-16-46-17-15-39/h1-5,10-11,18-19,22-23,26-27,30,37H,6-9,12-17,20,35H2,(H,36,42)(H,38,41)/t22-,23-,26-,27-,30+/m1/s1. The van der Waals surface area contributed by atoms with Gasteiger partial charge in [0.05, 0.1) is 13.2 Å². The van der Waals surface area contributed by atoms with E-state index >= 15 is 0 Å². The van der Waals surface area contributed by atoms with Gasteiger partial charge in [-0.3, -0.25) is 14.4 Å². The van der Waals surface area contributed by atoms with Crippen molar-refractivity contribution in [2.45, 2.75) is 50.1 Å². The fraction of sp³-hybridized carbons (Fsp3) is 0.485. The molecule has 2 aromatic carbocycles. The molecule has 3 aromatic rings. The van der Waals surface area contributed by atoms with Crippen molar-refractivity contribution in [3.8, 4) is 0 Å². The number of anilines is 1. The van der Waals surface area contributed by atoms with Crippen LogP contribution in [0.2, 0.25) is 0 Å². The summed E-state index contributed by atoms with van der Waals surface area (Å²) in [5, 5.41) is 3.59. The Hall–Kier alpha value is -3.85. The van der Waals surface area contributed by atoms with Gasteiger partial charge in [0.15, 0.2) is 0 Å². The average molecular weight is 669 g/mol. The molecule has 1 aliphatic carbocycles. The maximum atomic E-state index is 14.0. The van der Waals surface area contributed by atoms with Crippen molar-refractivity contribution in [1.82, 2.24) is 18.9 Å². The highest BCUT2D eigenvalue weighted by molar-refractivity contribution is 7.87. The van der Waals surface area contributed by atoms with Gasteiger partial charge in [-0.25, -0.2) is 9.11 Å². The lowest BCUT2D eigenvalue weighted by molar-refractivity contribution is -0.141. The molecule has 0 bridgehead atoms. The Morgan fingerprint density at radius 2 is 1.70 bits per heavy atom. The summed E-state index contributed by atoms with van der Waals surface area (Å²) < 4.78 is 47.0. The lowest BCUT2D eigenvalue weighted by atomic mass is 9.78. The quantitative estimate of drug-likeness (QED) is 0.272. The average Bonchev–Trinajstić information content (AvgIpc) is 3.73. The van der Waals surface area contributed by atoms with Crippen LogP contribution in [0, 0.1) is 11.8 Å². The van der Waals surface area contributed by atoms with E-state index in [1.807, 2.05) is 30.3 Å². The lowest BCUT2D eigenvalue weighted by Gasteiger charge is -2.35. The second-order valence-corrected chi connectivity index (χ2v) is 14.3. The normalized spacial score (nSPS) is 24.6. The number of fused-ring (bicyclic) bond motifs is 1. The largest absolute Gasteiger partial charge is 0.379 e. The zero-order chi connectivity index (χ0) is 33.1. The molecule has 3 amide bonds. The number of alkyl halides is 1. The second kappa shape index (κ2) is 14.1. The molecule has 1 saturated carbocycles. The smallest absolute Gasteiger partial charge is 0.304 e. The highest BCUT2D eigenvalue weighted by Crippen LogP contribution is 2.38. The van der Waals surface area contributed by atoms with Gasteiger partial charge in [0.2, 0.25) is 11.8 Å². The number of rotatable bonds is 9. The van der Waals surface area contributed by atoms with Gasteiger partial charge in [0, 0.05) is 54.1 Å². The Labute approximate surface area is 273 Å². The van der Waals surface area contributed by atoms with E-state index in [4.69, 9.17) is 10.5 Å². The molecule has 6 rings (SSSR count). The minimum absolute atomic E-state index is 0.0548. The highest BCUT2D eigenvalue weighted by atomic mass is 32.2. The molecule has 1 aromatic heterocycles. The summed E-state index contributed by atoms with van der Waals surface area (Å²) in [6.45, 7) is 0.701. The Bertz CT molecular complexity index is 1700. The molecule has 2 aliphatic heterocycles. The van der Waals surface area contributed by atoms with Crippen LogP contribution >= 0.6 is 0 Å². The fourth-order valence-electron chi connectivity index (χ4n) is 7.14. The molecule has 3 fully saturated rings. The Morgan fingerprint density at radius 1 is 0.979 bits per heavy atom. The van der Waals surface area contributed by atoms with Crippen LogP contribution in [0.5, 0.6) is 0 Å². The van der Waals surface area contributed by atoms with Crippen LogP contribution in [-0.4, -0.2) is 91.9 Å². The van der Waals surface area contributed by atoms with Crippen LogP contribution in [0.15, 0.2) is 54.6 Å². The number of benzene rings is 2. The van der Waals surface area contributed by atoms with Gasteiger partial charge in [-0.15, -0.1) is 0 Å². The van der Waals surface area contributed by atoms with Crippen molar-refractivity contribution in [2.75, 3.05) is 44.8 Å². The number of hydrogen-bond donors (Lipinski definition) is 4. The number of nitrogens with zero attached hydrogens (tertiary/aromatic N) is 2. The van der Waals surface area contributed by atoms with Gasteiger partial charge in [-0.2, -0.15) is 12.7 Å². The van der Waals surface area contributed by atoms with E-state index in [0.29, 0.717) is 55.2 Å². The monoisotopic (exact) mass is 668 g/mol. The number of amides is 3. The molecule has 47 heavy (non-hydrogen) atoms. The zero-order valence-electron chi connectivity index (χ0n) is 26.1. The number of nitrogens with one attached hydrogen (secondary N) is 3. The van der Waals surface area contributed by atoms with Crippen molar-refractivity contribution in [2.24, 2.45) is 17.6 Å². The number of aromatic amines is 1. The molecule has 12 nitrogen and oxygen atoms in total. The van der Waals surface area contributed by atoms with E-state index < -0.39 is 34.9 Å². The van der Waals surface area contributed by atoms with Crippen LogP contribution in [0.4, 0.5) is 10.1 Å². The van der Waals surface area contributed by atoms with E-state index in [0.717, 1.165) is 9.87 Å². The van der Waals surface area contributed by atoms with Crippen molar-refractivity contribution in [3.63, 3.8) is 0 Å². The molecule has 3 atom stereocenters. The maximum absolute atomic E-state index is 14.0. The molecule has 0 spiro atoms. The first-order valence-corrected chi connectivity index (χ1v) is 17.6. The van der Waals surface area contributed by atoms with Gasteiger partial charge >= 0.3 is 10.2 Å². The van der Waals surface area contributed by atoms with E-state index in [2.05, 4.69) is 15.0 Å². The van der Waals surface area contributed by atoms with Gasteiger partial charge in [-0.1, -0.05) is 30.3 Å². The summed E-state index contributed by atoms with van der Waals surface area (Å²) in [5.41, 5.74) is 8.03. The zero-order valence-corrected chi connectivity index (χ0v) is 26.9. The number of carbonyl (C=O) groups is 3. The number of nitrogens with two attached hydrogens (primary N) is 1.